The molecular formula is C22H27NO4. The molecule has 1 N–H and O–H groups in total. The molecule has 0 amide bonds. The average Bonchev–Trinajstić information content (AvgIpc) is 2.66. The predicted octanol–water partition coefficient (Wildman–Crippen LogP) is 3.44. The van der Waals surface area contributed by atoms with E-state index in [2.05, 4.69) is 5.32 Å². The zero-order valence-corrected chi connectivity index (χ0v) is 16.1. The van der Waals surface area contributed by atoms with Gasteiger partial charge >= 0.3 is 11.9 Å². The lowest BCUT2D eigenvalue weighted by atomic mass is 9.99. The second kappa shape index (κ2) is 10.5. The second-order valence-corrected chi connectivity index (χ2v) is 6.37. The van der Waals surface area contributed by atoms with Crippen LogP contribution in [-0.4, -0.2) is 30.7 Å². The number of nitrogens with one attached hydrogen (secondary N) is 1. The van der Waals surface area contributed by atoms with E-state index in [4.69, 9.17) is 9.47 Å². The zero-order valence-electron chi connectivity index (χ0n) is 16.1. The summed E-state index contributed by atoms with van der Waals surface area (Å²) < 4.78 is 10.8. The summed E-state index contributed by atoms with van der Waals surface area (Å²) in [7, 11) is 0. The Labute approximate surface area is 160 Å². The summed E-state index contributed by atoms with van der Waals surface area (Å²) in [5.74, 6) is -0.859. The molecular weight excluding hydrogens is 342 g/mol. The first-order valence-corrected chi connectivity index (χ1v) is 9.20. The lowest BCUT2D eigenvalue weighted by molar-refractivity contribution is -0.157. The van der Waals surface area contributed by atoms with Crippen LogP contribution in [0.4, 0.5) is 0 Å². The Hall–Kier alpha value is -2.66. The van der Waals surface area contributed by atoms with Gasteiger partial charge in [-0.2, -0.15) is 0 Å². The largest absolute Gasteiger partial charge is 0.465 e. The molecule has 0 aliphatic rings. The number of carbonyl (C=O) groups is 2. The first-order chi connectivity index (χ1) is 13.0. The van der Waals surface area contributed by atoms with Crippen LogP contribution in [0.2, 0.25) is 0 Å². The van der Waals surface area contributed by atoms with Crippen molar-refractivity contribution in [3.63, 3.8) is 0 Å². The molecule has 3 atom stereocenters. The van der Waals surface area contributed by atoms with Gasteiger partial charge in [-0.05, 0) is 25.0 Å². The van der Waals surface area contributed by atoms with Crippen LogP contribution in [0.5, 0.6) is 0 Å². The molecule has 0 bridgehead atoms. The van der Waals surface area contributed by atoms with Gasteiger partial charge in [-0.15, -0.1) is 0 Å². The highest BCUT2D eigenvalue weighted by molar-refractivity contribution is 5.77. The summed E-state index contributed by atoms with van der Waals surface area (Å²) in [6, 6.07) is 18.5. The van der Waals surface area contributed by atoms with E-state index in [1.165, 1.54) is 6.92 Å². The number of hydrogen-bond acceptors (Lipinski definition) is 5. The molecule has 0 aliphatic heterocycles. The van der Waals surface area contributed by atoms with E-state index in [9.17, 15) is 9.59 Å². The van der Waals surface area contributed by atoms with Crippen LogP contribution in [0.25, 0.3) is 0 Å². The van der Waals surface area contributed by atoms with Crippen LogP contribution in [-0.2, 0) is 25.5 Å². The molecule has 2 rings (SSSR count). The van der Waals surface area contributed by atoms with Gasteiger partial charge in [-0.3, -0.25) is 14.9 Å². The first-order valence-electron chi connectivity index (χ1n) is 9.20. The monoisotopic (exact) mass is 369 g/mol. The second-order valence-electron chi connectivity index (χ2n) is 6.37. The van der Waals surface area contributed by atoms with Crippen molar-refractivity contribution in [3.05, 3.63) is 71.8 Å². The van der Waals surface area contributed by atoms with Crippen LogP contribution in [0, 0.1) is 0 Å². The highest BCUT2D eigenvalue weighted by atomic mass is 16.6. The SMILES string of the molecule is CCOC(=O)[C@H](N[C@H](C)c1ccccc1)[C@@H](Cc1ccccc1)OC(C)=O. The summed E-state index contributed by atoms with van der Waals surface area (Å²) in [6.45, 7) is 5.33. The third-order valence-corrected chi connectivity index (χ3v) is 4.24. The lowest BCUT2D eigenvalue weighted by Gasteiger charge is -2.29. The predicted molar refractivity (Wildman–Crippen MR) is 104 cm³/mol. The highest BCUT2D eigenvalue weighted by Gasteiger charge is 2.33. The minimum atomic E-state index is -0.774. The number of esters is 2. The zero-order chi connectivity index (χ0) is 19.6. The smallest absolute Gasteiger partial charge is 0.327 e. The summed E-state index contributed by atoms with van der Waals surface area (Å²) >= 11 is 0. The van der Waals surface area contributed by atoms with E-state index in [0.717, 1.165) is 11.1 Å². The molecule has 27 heavy (non-hydrogen) atoms. The van der Waals surface area contributed by atoms with Crippen LogP contribution < -0.4 is 5.32 Å². The van der Waals surface area contributed by atoms with Crippen molar-refractivity contribution in [2.24, 2.45) is 0 Å². The molecule has 2 aromatic carbocycles. The van der Waals surface area contributed by atoms with Crippen LogP contribution in [0.3, 0.4) is 0 Å². The van der Waals surface area contributed by atoms with Crippen molar-refractivity contribution >= 4 is 11.9 Å². The van der Waals surface area contributed by atoms with Gasteiger partial charge in [0.2, 0.25) is 0 Å². The minimum Gasteiger partial charge on any atom is -0.465 e. The molecule has 0 saturated heterocycles. The molecule has 144 valence electrons. The van der Waals surface area contributed by atoms with Crippen molar-refractivity contribution in [1.29, 1.82) is 0 Å². The quantitative estimate of drug-likeness (QED) is 0.686. The Bertz CT molecular complexity index is 718. The van der Waals surface area contributed by atoms with Gasteiger partial charge in [0, 0.05) is 19.4 Å². The standard InChI is InChI=1S/C22H27NO4/c1-4-26-22(25)21(23-16(2)19-13-9-6-10-14-19)20(27-17(3)24)15-18-11-7-5-8-12-18/h5-14,16,20-21,23H,4,15H2,1-3H3/t16-,20-,21-/m1/s1. The molecule has 0 unspecified atom stereocenters. The van der Waals surface area contributed by atoms with Gasteiger partial charge in [0.05, 0.1) is 6.61 Å². The van der Waals surface area contributed by atoms with E-state index in [-0.39, 0.29) is 12.6 Å². The summed E-state index contributed by atoms with van der Waals surface area (Å²) in [5.41, 5.74) is 2.01. The number of hydrogen-bond donors (Lipinski definition) is 1. The maximum absolute atomic E-state index is 12.6. The number of rotatable bonds is 9. The van der Waals surface area contributed by atoms with E-state index >= 15 is 0 Å². The van der Waals surface area contributed by atoms with E-state index in [1.54, 1.807) is 6.92 Å². The van der Waals surface area contributed by atoms with Gasteiger partial charge < -0.3 is 9.47 Å². The third-order valence-electron chi connectivity index (χ3n) is 4.24. The molecule has 0 heterocycles. The van der Waals surface area contributed by atoms with Gasteiger partial charge in [0.25, 0.3) is 0 Å². The summed E-state index contributed by atoms with van der Waals surface area (Å²) in [5, 5.41) is 3.29. The Morgan fingerprint density at radius 3 is 2.15 bits per heavy atom. The van der Waals surface area contributed by atoms with E-state index < -0.39 is 24.1 Å². The maximum Gasteiger partial charge on any atom is 0.327 e. The number of carbonyl (C=O) groups excluding carboxylic acids is 2. The Morgan fingerprint density at radius 1 is 1.00 bits per heavy atom. The fourth-order valence-corrected chi connectivity index (χ4v) is 2.95. The molecule has 0 aromatic heterocycles. The molecule has 0 spiro atoms. The van der Waals surface area contributed by atoms with Gasteiger partial charge in [0.15, 0.2) is 0 Å². The maximum atomic E-state index is 12.6. The number of benzene rings is 2. The van der Waals surface area contributed by atoms with Gasteiger partial charge in [-0.25, -0.2) is 0 Å². The van der Waals surface area contributed by atoms with Crippen LogP contribution >= 0.6 is 0 Å². The molecule has 0 radical (unpaired) electrons. The molecule has 2 aromatic rings. The highest BCUT2D eigenvalue weighted by Crippen LogP contribution is 2.17. The van der Waals surface area contributed by atoms with Crippen LogP contribution in [0.1, 0.15) is 37.9 Å². The third kappa shape index (κ3) is 6.53. The number of ether oxygens (including phenoxy) is 2. The van der Waals surface area contributed by atoms with Crippen molar-refractivity contribution in [3.8, 4) is 0 Å². The minimum absolute atomic E-state index is 0.116. The average molecular weight is 369 g/mol. The van der Waals surface area contributed by atoms with Crippen molar-refractivity contribution in [2.45, 2.75) is 45.4 Å². The van der Waals surface area contributed by atoms with Crippen molar-refractivity contribution in [2.75, 3.05) is 6.61 Å². The Balaban J connectivity index is 2.26. The van der Waals surface area contributed by atoms with E-state index in [1.807, 2.05) is 67.6 Å². The van der Waals surface area contributed by atoms with Crippen LogP contribution in [0.15, 0.2) is 60.7 Å². The Morgan fingerprint density at radius 2 is 1.59 bits per heavy atom. The van der Waals surface area contributed by atoms with Crippen molar-refractivity contribution < 1.29 is 19.1 Å². The van der Waals surface area contributed by atoms with Gasteiger partial charge in [0.1, 0.15) is 12.1 Å². The molecule has 5 nitrogen and oxygen atoms in total. The lowest BCUT2D eigenvalue weighted by Crippen LogP contribution is -2.50. The summed E-state index contributed by atoms with van der Waals surface area (Å²) in [4.78, 5) is 24.3. The van der Waals surface area contributed by atoms with Gasteiger partial charge in [-0.1, -0.05) is 60.7 Å². The van der Waals surface area contributed by atoms with Crippen molar-refractivity contribution in [1.82, 2.24) is 5.32 Å². The molecule has 5 heteroatoms. The fraction of sp³-hybridized carbons (Fsp3) is 0.364. The first kappa shape index (κ1) is 20.6. The topological polar surface area (TPSA) is 64.6 Å². The summed E-state index contributed by atoms with van der Waals surface area (Å²) in [6.07, 6.45) is -0.256. The van der Waals surface area contributed by atoms with E-state index in [0.29, 0.717) is 6.42 Å². The fourth-order valence-electron chi connectivity index (χ4n) is 2.95. The normalized spacial score (nSPS) is 14.0. The molecule has 0 fully saturated rings. The molecule has 0 saturated carbocycles. The molecule has 0 aliphatic carbocycles. The Kier molecular flexibility index (Phi) is 8.01.